The van der Waals surface area contributed by atoms with Gasteiger partial charge >= 0.3 is 5.97 Å². The Bertz CT molecular complexity index is 454. The number of methoxy groups -OCH3 is 1. The molecule has 0 unspecified atom stereocenters. The number of esters is 1. The molecular formula is C11H8F4O2. The van der Waals surface area contributed by atoms with Crippen LogP contribution >= 0.6 is 0 Å². The van der Waals surface area contributed by atoms with Gasteiger partial charge in [0.2, 0.25) is 0 Å². The Balaban J connectivity index is 3.57. The molecule has 1 aromatic rings. The fourth-order valence-corrected chi connectivity index (χ4v) is 1.28. The Labute approximate surface area is 94.5 Å². The Morgan fingerprint density at radius 2 is 1.65 bits per heavy atom. The first-order chi connectivity index (χ1) is 7.95. The number of hydrogen-bond acceptors (Lipinski definition) is 2. The first-order valence-electron chi connectivity index (χ1n) is 4.49. The van der Waals surface area contributed by atoms with E-state index in [1.54, 1.807) is 0 Å². The molecule has 0 heterocycles. The molecule has 0 aliphatic heterocycles. The third-order valence-electron chi connectivity index (χ3n) is 2.09. The summed E-state index contributed by atoms with van der Waals surface area (Å²) in [4.78, 5) is 11.0. The van der Waals surface area contributed by atoms with Crippen LogP contribution in [0.5, 0.6) is 0 Å². The van der Waals surface area contributed by atoms with E-state index in [0.29, 0.717) is 0 Å². The van der Waals surface area contributed by atoms with Gasteiger partial charge in [0.1, 0.15) is 5.56 Å². The van der Waals surface area contributed by atoms with E-state index in [1.165, 1.54) is 0 Å². The molecule has 0 aliphatic carbocycles. The highest BCUT2D eigenvalue weighted by molar-refractivity contribution is 5.90. The monoisotopic (exact) mass is 248 g/mol. The standard InChI is InChI=1S/C11H8F4O2/c1-3-4-5-7(12)9(14)6(11(16)17-2)10(15)8(5)13/h3H,1,4H2,2H3. The lowest BCUT2D eigenvalue weighted by molar-refractivity contribution is 0.0586. The summed E-state index contributed by atoms with van der Waals surface area (Å²) in [7, 11) is 0.842. The molecule has 0 amide bonds. The van der Waals surface area contributed by atoms with Gasteiger partial charge in [0.15, 0.2) is 23.3 Å². The highest BCUT2D eigenvalue weighted by Crippen LogP contribution is 2.25. The van der Waals surface area contributed by atoms with Gasteiger partial charge in [-0.15, -0.1) is 6.58 Å². The van der Waals surface area contributed by atoms with Crippen molar-refractivity contribution in [2.24, 2.45) is 0 Å². The van der Waals surface area contributed by atoms with Gasteiger partial charge in [-0.05, 0) is 6.42 Å². The van der Waals surface area contributed by atoms with E-state index in [0.717, 1.165) is 13.2 Å². The topological polar surface area (TPSA) is 26.3 Å². The normalized spacial score (nSPS) is 10.2. The number of carbonyl (C=O) groups is 1. The molecule has 0 N–H and O–H groups in total. The second kappa shape index (κ2) is 4.99. The molecule has 1 aromatic carbocycles. The van der Waals surface area contributed by atoms with Gasteiger partial charge in [0.05, 0.1) is 7.11 Å². The van der Waals surface area contributed by atoms with Gasteiger partial charge in [-0.25, -0.2) is 22.4 Å². The largest absolute Gasteiger partial charge is 0.465 e. The van der Waals surface area contributed by atoms with Crippen LogP contribution in [0, 0.1) is 23.3 Å². The molecule has 0 radical (unpaired) electrons. The van der Waals surface area contributed by atoms with Gasteiger partial charge in [0, 0.05) is 5.56 Å². The van der Waals surface area contributed by atoms with Crippen LogP contribution in [0.1, 0.15) is 15.9 Å². The molecule has 0 fully saturated rings. The molecule has 0 saturated heterocycles. The second-order valence-corrected chi connectivity index (χ2v) is 3.09. The minimum atomic E-state index is -1.77. The summed E-state index contributed by atoms with van der Waals surface area (Å²) in [6.07, 6.45) is 0.686. The molecule has 2 nitrogen and oxygen atoms in total. The number of hydrogen-bond donors (Lipinski definition) is 0. The molecule has 1 rings (SSSR count). The molecule has 0 aromatic heterocycles. The summed E-state index contributed by atoms with van der Waals surface area (Å²) < 4.78 is 57.4. The van der Waals surface area contributed by atoms with Crippen LogP contribution in [-0.2, 0) is 11.2 Å². The summed E-state index contributed by atoms with van der Waals surface area (Å²) in [6, 6.07) is 0. The van der Waals surface area contributed by atoms with E-state index in [4.69, 9.17) is 0 Å². The van der Waals surface area contributed by atoms with Crippen molar-refractivity contribution >= 4 is 5.97 Å². The lowest BCUT2D eigenvalue weighted by atomic mass is 10.1. The van der Waals surface area contributed by atoms with E-state index in [2.05, 4.69) is 11.3 Å². The summed E-state index contributed by atoms with van der Waals surface area (Å²) in [5.74, 6) is -8.27. The molecular weight excluding hydrogens is 240 g/mol. The van der Waals surface area contributed by atoms with Crippen molar-refractivity contribution in [3.63, 3.8) is 0 Å². The van der Waals surface area contributed by atoms with Crippen molar-refractivity contribution in [1.29, 1.82) is 0 Å². The lowest BCUT2D eigenvalue weighted by Gasteiger charge is -2.09. The minimum absolute atomic E-state index is 0.396. The predicted molar refractivity (Wildman–Crippen MR) is 51.5 cm³/mol. The first kappa shape index (κ1) is 13.2. The Morgan fingerprint density at radius 3 is 2.00 bits per heavy atom. The van der Waals surface area contributed by atoms with Crippen LogP contribution in [0.3, 0.4) is 0 Å². The zero-order valence-electron chi connectivity index (χ0n) is 8.82. The number of halogens is 4. The molecule has 0 saturated carbocycles. The first-order valence-corrected chi connectivity index (χ1v) is 4.49. The van der Waals surface area contributed by atoms with Crippen LogP contribution < -0.4 is 0 Å². The molecule has 0 bridgehead atoms. The molecule has 0 aliphatic rings. The summed E-state index contributed by atoms with van der Waals surface area (Å²) in [5.41, 5.74) is -2.20. The molecule has 92 valence electrons. The zero-order chi connectivity index (χ0) is 13.2. The zero-order valence-corrected chi connectivity index (χ0v) is 8.82. The molecule has 6 heteroatoms. The quantitative estimate of drug-likeness (QED) is 0.356. The van der Waals surface area contributed by atoms with Gasteiger partial charge in [0.25, 0.3) is 0 Å². The van der Waals surface area contributed by atoms with Crippen molar-refractivity contribution in [2.45, 2.75) is 6.42 Å². The lowest BCUT2D eigenvalue weighted by Crippen LogP contribution is -2.14. The van der Waals surface area contributed by atoms with E-state index in [9.17, 15) is 22.4 Å². The average Bonchev–Trinajstić information content (AvgIpc) is 2.32. The van der Waals surface area contributed by atoms with Crippen molar-refractivity contribution in [2.75, 3.05) is 7.11 Å². The molecule has 0 atom stereocenters. The predicted octanol–water partition coefficient (Wildman–Crippen LogP) is 2.76. The average molecular weight is 248 g/mol. The van der Waals surface area contributed by atoms with Crippen molar-refractivity contribution < 1.29 is 27.1 Å². The smallest absolute Gasteiger partial charge is 0.344 e. The summed E-state index contributed by atoms with van der Waals surface area (Å²) in [6.45, 7) is 3.20. The number of benzene rings is 1. The minimum Gasteiger partial charge on any atom is -0.465 e. The maximum atomic E-state index is 13.3. The SMILES string of the molecule is C=CCc1c(F)c(F)c(C(=O)OC)c(F)c1F. The van der Waals surface area contributed by atoms with E-state index < -0.39 is 46.8 Å². The fraction of sp³-hybridized carbons (Fsp3) is 0.182. The fourth-order valence-electron chi connectivity index (χ4n) is 1.28. The van der Waals surface area contributed by atoms with Crippen LogP contribution in [0.15, 0.2) is 12.7 Å². The Morgan fingerprint density at radius 1 is 1.18 bits per heavy atom. The van der Waals surface area contributed by atoms with Gasteiger partial charge in [-0.1, -0.05) is 6.08 Å². The van der Waals surface area contributed by atoms with Crippen LogP contribution in [0.4, 0.5) is 17.6 Å². The van der Waals surface area contributed by atoms with Gasteiger partial charge in [-0.3, -0.25) is 0 Å². The maximum absolute atomic E-state index is 13.3. The van der Waals surface area contributed by atoms with Crippen molar-refractivity contribution in [1.82, 2.24) is 0 Å². The third kappa shape index (κ3) is 2.15. The number of allylic oxidation sites excluding steroid dienone is 1. The van der Waals surface area contributed by atoms with Crippen LogP contribution in [0.25, 0.3) is 0 Å². The summed E-state index contributed by atoms with van der Waals surface area (Å²) in [5, 5.41) is 0. The van der Waals surface area contributed by atoms with E-state index in [-0.39, 0.29) is 0 Å². The third-order valence-corrected chi connectivity index (χ3v) is 2.09. The highest BCUT2D eigenvalue weighted by Gasteiger charge is 2.29. The summed E-state index contributed by atoms with van der Waals surface area (Å²) >= 11 is 0. The second-order valence-electron chi connectivity index (χ2n) is 3.09. The van der Waals surface area contributed by atoms with E-state index in [1.807, 2.05) is 0 Å². The van der Waals surface area contributed by atoms with Crippen molar-refractivity contribution in [3.05, 3.63) is 47.1 Å². The molecule has 0 spiro atoms. The Hall–Kier alpha value is -1.85. The van der Waals surface area contributed by atoms with E-state index >= 15 is 0 Å². The number of ether oxygens (including phenoxy) is 1. The highest BCUT2D eigenvalue weighted by atomic mass is 19.2. The van der Waals surface area contributed by atoms with Crippen LogP contribution in [-0.4, -0.2) is 13.1 Å². The Kier molecular flexibility index (Phi) is 3.88. The maximum Gasteiger partial charge on any atom is 0.344 e. The number of carbonyl (C=O) groups excluding carboxylic acids is 1. The van der Waals surface area contributed by atoms with Crippen molar-refractivity contribution in [3.8, 4) is 0 Å². The van der Waals surface area contributed by atoms with Crippen LogP contribution in [0.2, 0.25) is 0 Å². The molecule has 17 heavy (non-hydrogen) atoms. The number of rotatable bonds is 3. The van der Waals surface area contributed by atoms with Gasteiger partial charge < -0.3 is 4.74 Å². The van der Waals surface area contributed by atoms with Gasteiger partial charge in [-0.2, -0.15) is 0 Å².